The molecule has 5 rings (SSSR count). The Balaban J connectivity index is 1.37. The molecule has 1 aliphatic rings. The van der Waals surface area contributed by atoms with E-state index < -0.39 is 0 Å². The SMILES string of the molecule is Clc1ccc(-c2nnc(SCc3nc(-c4ccccc4)no3)n2C[C@@H]2CCCO2)cc1. The summed E-state index contributed by atoms with van der Waals surface area (Å²) >= 11 is 7.58. The molecule has 1 fully saturated rings. The summed E-state index contributed by atoms with van der Waals surface area (Å²) in [5.41, 5.74) is 1.89. The van der Waals surface area contributed by atoms with Gasteiger partial charge in [0.15, 0.2) is 11.0 Å². The summed E-state index contributed by atoms with van der Waals surface area (Å²) in [6, 6.07) is 17.4. The number of ether oxygens (including phenoxy) is 1. The molecule has 0 unspecified atom stereocenters. The normalized spacial score (nSPS) is 16.1. The molecule has 0 radical (unpaired) electrons. The van der Waals surface area contributed by atoms with Crippen LogP contribution in [0.2, 0.25) is 5.02 Å². The zero-order valence-electron chi connectivity index (χ0n) is 16.6. The van der Waals surface area contributed by atoms with E-state index in [1.165, 1.54) is 11.8 Å². The molecular formula is C22H20ClN5O2S. The highest BCUT2D eigenvalue weighted by atomic mass is 35.5. The summed E-state index contributed by atoms with van der Waals surface area (Å²) in [4.78, 5) is 4.51. The van der Waals surface area contributed by atoms with E-state index in [1.807, 2.05) is 54.6 Å². The maximum atomic E-state index is 6.06. The van der Waals surface area contributed by atoms with Crippen molar-refractivity contribution >= 4 is 23.4 Å². The standard InChI is InChI=1S/C22H20ClN5O2S/c23-17-10-8-16(9-11-17)21-25-26-22(28(21)13-18-7-4-12-29-18)31-14-19-24-20(27-30-19)15-5-2-1-3-6-15/h1-3,5-6,8-11,18H,4,7,12-14H2/t18-/m0/s1. The van der Waals surface area contributed by atoms with E-state index in [2.05, 4.69) is 24.9 Å². The van der Waals surface area contributed by atoms with Crippen LogP contribution in [0.25, 0.3) is 22.8 Å². The van der Waals surface area contributed by atoms with Crippen LogP contribution in [0.1, 0.15) is 18.7 Å². The lowest BCUT2D eigenvalue weighted by Gasteiger charge is -2.14. The topological polar surface area (TPSA) is 78.9 Å². The monoisotopic (exact) mass is 453 g/mol. The summed E-state index contributed by atoms with van der Waals surface area (Å²) in [6.07, 6.45) is 2.27. The molecule has 0 saturated carbocycles. The largest absolute Gasteiger partial charge is 0.376 e. The Labute approximate surface area is 188 Å². The maximum absolute atomic E-state index is 6.06. The van der Waals surface area contributed by atoms with Crippen molar-refractivity contribution in [2.45, 2.75) is 36.4 Å². The summed E-state index contributed by atoms with van der Waals surface area (Å²) in [5, 5.41) is 14.5. The lowest BCUT2D eigenvalue weighted by Crippen LogP contribution is -2.16. The number of nitrogens with zero attached hydrogens (tertiary/aromatic N) is 5. The second-order valence-corrected chi connectivity index (χ2v) is 8.60. The van der Waals surface area contributed by atoms with Crippen LogP contribution in [0.3, 0.4) is 0 Å². The summed E-state index contributed by atoms with van der Waals surface area (Å²) in [5.74, 6) is 2.43. The first-order valence-electron chi connectivity index (χ1n) is 10.1. The molecule has 0 spiro atoms. The molecular weight excluding hydrogens is 434 g/mol. The molecule has 0 amide bonds. The van der Waals surface area contributed by atoms with E-state index in [-0.39, 0.29) is 6.10 Å². The Kier molecular flexibility index (Phi) is 6.01. The number of benzene rings is 2. The van der Waals surface area contributed by atoms with E-state index in [1.54, 1.807) is 0 Å². The second kappa shape index (κ2) is 9.21. The Morgan fingerprint density at radius 3 is 2.65 bits per heavy atom. The molecule has 1 aliphatic heterocycles. The van der Waals surface area contributed by atoms with E-state index in [4.69, 9.17) is 20.9 Å². The van der Waals surface area contributed by atoms with Crippen LogP contribution in [0, 0.1) is 0 Å². The van der Waals surface area contributed by atoms with E-state index >= 15 is 0 Å². The van der Waals surface area contributed by atoms with Gasteiger partial charge in [-0.3, -0.25) is 4.57 Å². The quantitative estimate of drug-likeness (QED) is 0.359. The van der Waals surface area contributed by atoms with E-state index in [0.29, 0.717) is 29.0 Å². The van der Waals surface area contributed by atoms with Crippen LogP contribution in [0.4, 0.5) is 0 Å². The minimum atomic E-state index is 0.162. The number of hydrogen-bond donors (Lipinski definition) is 0. The molecule has 0 bridgehead atoms. The van der Waals surface area contributed by atoms with Crippen molar-refractivity contribution in [1.29, 1.82) is 0 Å². The average molecular weight is 454 g/mol. The van der Waals surface area contributed by atoms with Gasteiger partial charge in [0.05, 0.1) is 18.4 Å². The first-order chi connectivity index (χ1) is 15.3. The number of thioether (sulfide) groups is 1. The van der Waals surface area contributed by atoms with Gasteiger partial charge in [-0.05, 0) is 37.1 Å². The smallest absolute Gasteiger partial charge is 0.237 e. The first kappa shape index (κ1) is 20.2. The maximum Gasteiger partial charge on any atom is 0.237 e. The van der Waals surface area contributed by atoms with Crippen LogP contribution in [0.15, 0.2) is 64.3 Å². The van der Waals surface area contributed by atoms with Crippen molar-refractivity contribution in [2.24, 2.45) is 0 Å². The van der Waals surface area contributed by atoms with Gasteiger partial charge in [0.1, 0.15) is 0 Å². The number of hydrogen-bond acceptors (Lipinski definition) is 7. The van der Waals surface area contributed by atoms with Gasteiger partial charge in [0.25, 0.3) is 0 Å². The van der Waals surface area contributed by atoms with E-state index in [9.17, 15) is 0 Å². The lowest BCUT2D eigenvalue weighted by atomic mass is 10.2. The molecule has 9 heteroatoms. The number of halogens is 1. The molecule has 4 aromatic rings. The molecule has 158 valence electrons. The fourth-order valence-electron chi connectivity index (χ4n) is 3.51. The Hall–Kier alpha value is -2.68. The second-order valence-electron chi connectivity index (χ2n) is 7.23. The molecule has 1 saturated heterocycles. The average Bonchev–Trinajstić information content (AvgIpc) is 3.56. The lowest BCUT2D eigenvalue weighted by molar-refractivity contribution is 0.0953. The van der Waals surface area contributed by atoms with Crippen molar-refractivity contribution in [1.82, 2.24) is 24.9 Å². The first-order valence-corrected chi connectivity index (χ1v) is 11.4. The highest BCUT2D eigenvalue weighted by molar-refractivity contribution is 7.98. The van der Waals surface area contributed by atoms with Crippen LogP contribution in [0.5, 0.6) is 0 Å². The van der Waals surface area contributed by atoms with Crippen molar-refractivity contribution in [3.8, 4) is 22.8 Å². The summed E-state index contributed by atoms with van der Waals surface area (Å²) < 4.78 is 13.4. The van der Waals surface area contributed by atoms with Gasteiger partial charge in [0, 0.05) is 22.8 Å². The van der Waals surface area contributed by atoms with Gasteiger partial charge in [-0.2, -0.15) is 4.98 Å². The van der Waals surface area contributed by atoms with Crippen LogP contribution in [-0.2, 0) is 17.0 Å². The Morgan fingerprint density at radius 1 is 1.03 bits per heavy atom. The van der Waals surface area contributed by atoms with Crippen LogP contribution in [-0.4, -0.2) is 37.6 Å². The van der Waals surface area contributed by atoms with Crippen molar-refractivity contribution in [3.63, 3.8) is 0 Å². The van der Waals surface area contributed by atoms with Gasteiger partial charge in [-0.15, -0.1) is 10.2 Å². The number of rotatable bonds is 7. The highest BCUT2D eigenvalue weighted by Crippen LogP contribution is 2.29. The predicted octanol–water partition coefficient (Wildman–Crippen LogP) is 5.12. The van der Waals surface area contributed by atoms with E-state index in [0.717, 1.165) is 41.6 Å². The van der Waals surface area contributed by atoms with Crippen molar-refractivity contribution in [2.75, 3.05) is 6.61 Å². The Morgan fingerprint density at radius 2 is 1.87 bits per heavy atom. The van der Waals surface area contributed by atoms with Crippen molar-refractivity contribution in [3.05, 3.63) is 65.5 Å². The summed E-state index contributed by atoms with van der Waals surface area (Å²) in [7, 11) is 0. The van der Waals surface area contributed by atoms with Gasteiger partial charge < -0.3 is 9.26 Å². The molecule has 3 heterocycles. The minimum absolute atomic E-state index is 0.162. The van der Waals surface area contributed by atoms with Crippen molar-refractivity contribution < 1.29 is 9.26 Å². The zero-order valence-corrected chi connectivity index (χ0v) is 18.2. The fourth-order valence-corrected chi connectivity index (χ4v) is 4.42. The minimum Gasteiger partial charge on any atom is -0.376 e. The van der Waals surface area contributed by atoms with Gasteiger partial charge >= 0.3 is 0 Å². The van der Waals surface area contributed by atoms with Gasteiger partial charge in [-0.25, -0.2) is 0 Å². The fraction of sp³-hybridized carbons (Fsp3) is 0.273. The van der Waals surface area contributed by atoms with Crippen LogP contribution >= 0.6 is 23.4 Å². The number of aromatic nitrogens is 5. The molecule has 2 aromatic heterocycles. The molecule has 1 atom stereocenters. The highest BCUT2D eigenvalue weighted by Gasteiger charge is 2.22. The van der Waals surface area contributed by atoms with Crippen LogP contribution < -0.4 is 0 Å². The Bertz CT molecular complexity index is 1140. The predicted molar refractivity (Wildman–Crippen MR) is 119 cm³/mol. The molecule has 0 N–H and O–H groups in total. The third kappa shape index (κ3) is 4.66. The van der Waals surface area contributed by atoms with Gasteiger partial charge in [-0.1, -0.05) is 58.9 Å². The molecule has 0 aliphatic carbocycles. The zero-order chi connectivity index (χ0) is 21.0. The van der Waals surface area contributed by atoms with Gasteiger partial charge in [0.2, 0.25) is 11.7 Å². The third-order valence-electron chi connectivity index (χ3n) is 5.05. The summed E-state index contributed by atoms with van der Waals surface area (Å²) in [6.45, 7) is 1.50. The molecule has 31 heavy (non-hydrogen) atoms. The molecule has 2 aromatic carbocycles. The third-order valence-corrected chi connectivity index (χ3v) is 6.26. The molecule has 7 nitrogen and oxygen atoms in total.